The van der Waals surface area contributed by atoms with Crippen LogP contribution < -0.4 is 16.0 Å². The Kier molecular flexibility index (Phi) is 10.2. The lowest BCUT2D eigenvalue weighted by Gasteiger charge is -2.29. The van der Waals surface area contributed by atoms with Crippen molar-refractivity contribution in [2.45, 2.75) is 65.3 Å². The molecule has 0 aliphatic carbocycles. The number of carbonyl (C=O) groups excluding carboxylic acids is 1. The van der Waals surface area contributed by atoms with Gasteiger partial charge in [0.2, 0.25) is 5.91 Å². The number of aryl methyl sites for hydroxylation is 1. The third-order valence-corrected chi connectivity index (χ3v) is 9.11. The molecule has 0 saturated carbocycles. The molecule has 11 nitrogen and oxygen atoms in total. The molecule has 2 atom stereocenters. The van der Waals surface area contributed by atoms with Crippen LogP contribution >= 0.6 is 11.3 Å². The van der Waals surface area contributed by atoms with Crippen LogP contribution in [-0.4, -0.2) is 68.2 Å². The fourth-order valence-corrected chi connectivity index (χ4v) is 6.69. The van der Waals surface area contributed by atoms with Crippen molar-refractivity contribution in [2.75, 3.05) is 27.4 Å². The van der Waals surface area contributed by atoms with Gasteiger partial charge in [-0.2, -0.15) is 5.10 Å². The van der Waals surface area contributed by atoms with Crippen molar-refractivity contribution < 1.29 is 23.8 Å². The summed E-state index contributed by atoms with van der Waals surface area (Å²) < 4.78 is 29.8. The normalized spacial score (nSPS) is 13.0. The van der Waals surface area contributed by atoms with Crippen molar-refractivity contribution in [3.8, 4) is 10.8 Å². The molecule has 0 aliphatic rings. The lowest BCUT2D eigenvalue weighted by Crippen LogP contribution is -2.48. The molecule has 1 aromatic carbocycles. The van der Waals surface area contributed by atoms with Gasteiger partial charge in [-0.15, -0.1) is 0 Å². The van der Waals surface area contributed by atoms with Gasteiger partial charge in [0.25, 0.3) is 5.56 Å². The highest BCUT2D eigenvalue weighted by Crippen LogP contribution is 2.34. The number of fused-ring (bicyclic) bond motifs is 1. The summed E-state index contributed by atoms with van der Waals surface area (Å²) in [7, 11) is 3.12. The maximum atomic E-state index is 14.4. The van der Waals surface area contributed by atoms with Crippen LogP contribution in [0, 0.1) is 12.7 Å². The van der Waals surface area contributed by atoms with Crippen LogP contribution in [0.4, 0.5) is 4.39 Å². The van der Waals surface area contributed by atoms with Crippen LogP contribution in [0.5, 0.6) is 5.75 Å². The Morgan fingerprint density at radius 2 is 1.95 bits per heavy atom. The number of methoxy groups -OCH3 is 1. The maximum absolute atomic E-state index is 14.4. The minimum atomic E-state index is -1.10. The number of likely N-dealkylation sites (N-methyl/N-ethyl adjacent to an activating group) is 1. The zero-order valence-corrected chi connectivity index (χ0v) is 26.1. The number of aliphatic hydroxyl groups excluding tert-OH is 1. The Balaban J connectivity index is 1.98. The molecule has 1 N–H and O–H groups in total. The van der Waals surface area contributed by atoms with Crippen molar-refractivity contribution in [2.24, 2.45) is 0 Å². The highest BCUT2D eigenvalue weighted by molar-refractivity contribution is 7.21. The molecule has 13 heteroatoms. The number of nitrogens with zero attached hydrogens (tertiary/aromatic N) is 5. The summed E-state index contributed by atoms with van der Waals surface area (Å²) in [6, 6.07) is 4.55. The summed E-state index contributed by atoms with van der Waals surface area (Å²) in [5.74, 6) is -0.566. The number of halogens is 1. The van der Waals surface area contributed by atoms with Crippen LogP contribution in [0.2, 0.25) is 0 Å². The van der Waals surface area contributed by atoms with Crippen LogP contribution in [-0.2, 0) is 16.1 Å². The van der Waals surface area contributed by atoms with E-state index in [2.05, 4.69) is 5.10 Å². The molecule has 3 aromatic heterocycles. The Morgan fingerprint density at radius 3 is 2.56 bits per heavy atom. The smallest absolute Gasteiger partial charge is 0.332 e. The Hall–Kier alpha value is -3.81. The molecule has 0 saturated heterocycles. The van der Waals surface area contributed by atoms with E-state index in [-0.39, 0.29) is 37.1 Å². The van der Waals surface area contributed by atoms with E-state index in [9.17, 15) is 23.9 Å². The SMILES string of the molecule is CCC(CC)N(C)C(=O)[C@H](C)n1c(=O)c2c(C)c(-n3cccn3)sc2n(C[C@H](OCCO)c2cc(F)ccc2OC)c1=O. The van der Waals surface area contributed by atoms with E-state index in [4.69, 9.17) is 9.47 Å². The molecule has 0 radical (unpaired) electrons. The zero-order chi connectivity index (χ0) is 31.4. The fourth-order valence-electron chi connectivity index (χ4n) is 5.44. The first-order chi connectivity index (χ1) is 20.6. The number of ether oxygens (including phenoxy) is 2. The molecule has 1 amide bonds. The molecule has 0 spiro atoms. The average Bonchev–Trinajstić information content (AvgIpc) is 3.65. The van der Waals surface area contributed by atoms with Crippen LogP contribution in [0.3, 0.4) is 0 Å². The summed E-state index contributed by atoms with van der Waals surface area (Å²) >= 11 is 1.20. The molecule has 43 heavy (non-hydrogen) atoms. The van der Waals surface area contributed by atoms with E-state index in [0.29, 0.717) is 26.7 Å². The van der Waals surface area contributed by atoms with Gasteiger partial charge in [0.15, 0.2) is 0 Å². The quantitative estimate of drug-likeness (QED) is 0.243. The Morgan fingerprint density at radius 1 is 1.23 bits per heavy atom. The molecule has 232 valence electrons. The lowest BCUT2D eigenvalue weighted by molar-refractivity contribution is -0.135. The second-order valence-electron chi connectivity index (χ2n) is 10.3. The second kappa shape index (κ2) is 13.7. The van der Waals surface area contributed by atoms with Gasteiger partial charge >= 0.3 is 5.69 Å². The van der Waals surface area contributed by atoms with Crippen LogP contribution in [0.25, 0.3) is 15.2 Å². The lowest BCUT2D eigenvalue weighted by atomic mass is 10.1. The summed E-state index contributed by atoms with van der Waals surface area (Å²) in [6.45, 7) is 6.71. The third-order valence-electron chi connectivity index (χ3n) is 7.81. The molecule has 0 bridgehead atoms. The molecule has 0 aliphatic heterocycles. The fraction of sp³-hybridized carbons (Fsp3) is 0.467. The van der Waals surface area contributed by atoms with Gasteiger partial charge in [0.05, 0.1) is 32.3 Å². The average molecular weight is 616 g/mol. The number of amides is 1. The number of hydrogen-bond acceptors (Lipinski definition) is 8. The maximum Gasteiger partial charge on any atom is 0.332 e. The zero-order valence-electron chi connectivity index (χ0n) is 25.2. The Bertz CT molecular complexity index is 1690. The molecule has 4 rings (SSSR count). The van der Waals surface area contributed by atoms with E-state index >= 15 is 0 Å². The molecular formula is C30H38FN5O6S. The van der Waals surface area contributed by atoms with Crippen LogP contribution in [0.1, 0.15) is 56.9 Å². The molecular weight excluding hydrogens is 577 g/mol. The summed E-state index contributed by atoms with van der Waals surface area (Å²) in [6.07, 6.45) is 3.84. The largest absolute Gasteiger partial charge is 0.496 e. The highest BCUT2D eigenvalue weighted by atomic mass is 32.1. The van der Waals surface area contributed by atoms with Gasteiger partial charge < -0.3 is 19.5 Å². The van der Waals surface area contributed by atoms with E-state index in [1.165, 1.54) is 41.2 Å². The molecule has 0 unspecified atom stereocenters. The molecule has 4 aromatic rings. The van der Waals surface area contributed by atoms with E-state index in [1.54, 1.807) is 48.9 Å². The van der Waals surface area contributed by atoms with E-state index in [0.717, 1.165) is 17.4 Å². The van der Waals surface area contributed by atoms with Crippen LogP contribution in [0.15, 0.2) is 46.2 Å². The summed E-state index contributed by atoms with van der Waals surface area (Å²) in [5.41, 5.74) is -0.372. The van der Waals surface area contributed by atoms with E-state index in [1.807, 2.05) is 13.8 Å². The summed E-state index contributed by atoms with van der Waals surface area (Å²) in [4.78, 5) is 43.9. The first kappa shape index (κ1) is 32.1. The third kappa shape index (κ3) is 6.15. The predicted octanol–water partition coefficient (Wildman–Crippen LogP) is 3.82. The number of thiophene rings is 1. The second-order valence-corrected chi connectivity index (χ2v) is 11.3. The molecule has 3 heterocycles. The van der Waals surface area contributed by atoms with Crippen molar-refractivity contribution >= 4 is 27.5 Å². The predicted molar refractivity (Wildman–Crippen MR) is 163 cm³/mol. The van der Waals surface area contributed by atoms with Crippen molar-refractivity contribution in [3.63, 3.8) is 0 Å². The molecule has 0 fully saturated rings. The van der Waals surface area contributed by atoms with Gasteiger partial charge in [-0.3, -0.25) is 14.2 Å². The standard InChI is InChI=1S/C30H38FN5O6S/c1-7-21(8-2)33(5)26(38)19(4)36-27(39)25-18(3)28(35-13-9-12-32-35)43-29(25)34(30(36)40)17-24(42-15-14-37)22-16-20(31)10-11-23(22)41-6/h9-13,16,19,21,24,37H,7-8,14-15,17H2,1-6H3/t19-,24-/m0/s1. The van der Waals surface area contributed by atoms with Gasteiger partial charge in [-0.25, -0.2) is 18.4 Å². The number of aliphatic hydroxyl groups is 1. The van der Waals surface area contributed by atoms with Crippen molar-refractivity contribution in [1.29, 1.82) is 0 Å². The van der Waals surface area contributed by atoms with Gasteiger partial charge in [-0.05, 0) is 51.0 Å². The number of rotatable bonds is 13. The number of hydrogen-bond donors (Lipinski definition) is 1. The number of carbonyl (C=O) groups is 1. The minimum absolute atomic E-state index is 0.0531. The first-order valence-electron chi connectivity index (χ1n) is 14.2. The van der Waals surface area contributed by atoms with Crippen molar-refractivity contribution in [1.82, 2.24) is 23.8 Å². The first-order valence-corrected chi connectivity index (χ1v) is 15.0. The van der Waals surface area contributed by atoms with E-state index < -0.39 is 29.2 Å². The highest BCUT2D eigenvalue weighted by Gasteiger charge is 2.31. The Labute approximate surface area is 252 Å². The monoisotopic (exact) mass is 615 g/mol. The van der Waals surface area contributed by atoms with Gasteiger partial charge in [0, 0.05) is 36.6 Å². The number of benzene rings is 1. The van der Waals surface area contributed by atoms with Gasteiger partial charge in [0.1, 0.15) is 33.5 Å². The van der Waals surface area contributed by atoms with Gasteiger partial charge in [-0.1, -0.05) is 25.2 Å². The summed E-state index contributed by atoms with van der Waals surface area (Å²) in [5, 5.41) is 14.8. The topological polar surface area (TPSA) is 121 Å². The minimum Gasteiger partial charge on any atom is -0.496 e. The number of aromatic nitrogens is 4. The van der Waals surface area contributed by atoms with Crippen molar-refractivity contribution in [3.05, 3.63) is 74.4 Å².